The van der Waals surface area contributed by atoms with Crippen LogP contribution >= 0.6 is 15.9 Å². The molecule has 32 heavy (non-hydrogen) atoms. The minimum absolute atomic E-state index is 0.0603. The van der Waals surface area contributed by atoms with Crippen LogP contribution < -0.4 is 5.32 Å². The molecule has 3 rings (SSSR count). The van der Waals surface area contributed by atoms with E-state index in [0.717, 1.165) is 19.9 Å². The fourth-order valence-electron chi connectivity index (χ4n) is 3.19. The van der Waals surface area contributed by atoms with Gasteiger partial charge < -0.3 is 5.32 Å². The molecule has 8 heteroatoms. The first kappa shape index (κ1) is 24.1. The topological polar surface area (TPSA) is 66.5 Å². The minimum Gasteiger partial charge on any atom is -0.348 e. The fraction of sp³-hybridized carbons (Fsp3) is 0.208. The van der Waals surface area contributed by atoms with Crippen molar-refractivity contribution in [2.45, 2.75) is 31.3 Å². The average Bonchev–Trinajstić information content (AvgIpc) is 2.75. The van der Waals surface area contributed by atoms with E-state index in [1.165, 1.54) is 36.4 Å². The number of carbonyl (C=O) groups excluding carboxylic acids is 1. The Morgan fingerprint density at radius 2 is 1.72 bits per heavy atom. The van der Waals surface area contributed by atoms with Gasteiger partial charge in [-0.15, -0.1) is 0 Å². The Balaban J connectivity index is 1.83. The smallest absolute Gasteiger partial charge is 0.243 e. The summed E-state index contributed by atoms with van der Waals surface area (Å²) in [5.41, 5.74) is 2.39. The van der Waals surface area contributed by atoms with E-state index in [0.29, 0.717) is 5.56 Å². The highest BCUT2D eigenvalue weighted by molar-refractivity contribution is 9.10. The van der Waals surface area contributed by atoms with Gasteiger partial charge in [0.05, 0.1) is 17.5 Å². The quantitative estimate of drug-likeness (QED) is 0.458. The van der Waals surface area contributed by atoms with Gasteiger partial charge in [-0.05, 0) is 61.4 Å². The number of amides is 1. The van der Waals surface area contributed by atoms with Crippen molar-refractivity contribution in [1.82, 2.24) is 9.62 Å². The van der Waals surface area contributed by atoms with Crippen LogP contribution in [0.25, 0.3) is 0 Å². The first-order valence-electron chi connectivity index (χ1n) is 10.0. The maximum Gasteiger partial charge on any atom is 0.243 e. The van der Waals surface area contributed by atoms with Gasteiger partial charge in [0.1, 0.15) is 5.82 Å². The largest absolute Gasteiger partial charge is 0.348 e. The highest BCUT2D eigenvalue weighted by atomic mass is 79.9. The summed E-state index contributed by atoms with van der Waals surface area (Å²) in [5, 5.41) is 2.86. The number of halogens is 2. The zero-order chi connectivity index (χ0) is 23.3. The molecule has 0 saturated heterocycles. The highest BCUT2D eigenvalue weighted by Crippen LogP contribution is 2.21. The summed E-state index contributed by atoms with van der Waals surface area (Å²) in [7, 11) is -3.96. The van der Waals surface area contributed by atoms with E-state index in [9.17, 15) is 17.6 Å². The molecule has 0 aromatic heterocycles. The lowest BCUT2D eigenvalue weighted by atomic mass is 10.1. The maximum absolute atomic E-state index is 13.3. The van der Waals surface area contributed by atoms with Gasteiger partial charge in [-0.2, -0.15) is 4.31 Å². The molecule has 1 amide bonds. The summed E-state index contributed by atoms with van der Waals surface area (Å²) in [6.45, 7) is 3.27. The van der Waals surface area contributed by atoms with Crippen molar-refractivity contribution in [1.29, 1.82) is 0 Å². The standard InChI is InChI=1S/C24H24BrFN2O3S/c1-17-6-12-23(13-7-17)32(30,31)28(15-19-8-10-22(26)11-9-19)16-24(29)27-18(2)20-4-3-5-21(25)14-20/h3-14,18H,15-16H2,1-2H3,(H,27,29)/t18-/m0/s1. The molecule has 0 spiro atoms. The van der Waals surface area contributed by atoms with E-state index in [1.54, 1.807) is 12.1 Å². The zero-order valence-electron chi connectivity index (χ0n) is 17.8. The highest BCUT2D eigenvalue weighted by Gasteiger charge is 2.27. The Morgan fingerprint density at radius 1 is 1.06 bits per heavy atom. The van der Waals surface area contributed by atoms with Crippen molar-refractivity contribution < 1.29 is 17.6 Å². The molecule has 1 atom stereocenters. The predicted octanol–water partition coefficient (Wildman–Crippen LogP) is 4.96. The lowest BCUT2D eigenvalue weighted by molar-refractivity contribution is -0.122. The van der Waals surface area contributed by atoms with Gasteiger partial charge in [0.25, 0.3) is 0 Å². The Labute approximate surface area is 196 Å². The lowest BCUT2D eigenvalue weighted by Gasteiger charge is -2.23. The molecule has 0 aliphatic carbocycles. The van der Waals surface area contributed by atoms with E-state index in [4.69, 9.17) is 0 Å². The van der Waals surface area contributed by atoms with Gasteiger partial charge in [0, 0.05) is 11.0 Å². The molecular formula is C24H24BrFN2O3S. The van der Waals surface area contributed by atoms with Crippen LogP contribution in [-0.2, 0) is 21.4 Å². The normalized spacial score (nSPS) is 12.5. The van der Waals surface area contributed by atoms with E-state index < -0.39 is 21.7 Å². The molecular weight excluding hydrogens is 495 g/mol. The Morgan fingerprint density at radius 3 is 2.34 bits per heavy atom. The van der Waals surface area contributed by atoms with Gasteiger partial charge in [0.15, 0.2) is 0 Å². The Kier molecular flexibility index (Phi) is 7.82. The molecule has 3 aromatic carbocycles. The number of benzene rings is 3. The molecule has 0 bridgehead atoms. The third-order valence-corrected chi connectivity index (χ3v) is 7.28. The molecule has 0 saturated carbocycles. The van der Waals surface area contributed by atoms with E-state index in [-0.39, 0.29) is 24.0 Å². The average molecular weight is 519 g/mol. The Hall–Kier alpha value is -2.55. The summed E-state index contributed by atoms with van der Waals surface area (Å²) in [4.78, 5) is 12.9. The van der Waals surface area contributed by atoms with Gasteiger partial charge >= 0.3 is 0 Å². The second-order valence-corrected chi connectivity index (χ2v) is 10.4. The summed E-state index contributed by atoms with van der Waals surface area (Å²) >= 11 is 3.41. The summed E-state index contributed by atoms with van der Waals surface area (Å²) in [5.74, 6) is -0.849. The van der Waals surface area contributed by atoms with Crippen LogP contribution in [0.2, 0.25) is 0 Å². The van der Waals surface area contributed by atoms with Crippen LogP contribution in [-0.4, -0.2) is 25.2 Å². The zero-order valence-corrected chi connectivity index (χ0v) is 20.2. The van der Waals surface area contributed by atoms with Crippen LogP contribution in [0.15, 0.2) is 82.2 Å². The molecule has 3 aromatic rings. The first-order chi connectivity index (χ1) is 15.1. The number of hydrogen-bond donors (Lipinski definition) is 1. The van der Waals surface area contributed by atoms with Crippen LogP contribution in [0.3, 0.4) is 0 Å². The second-order valence-electron chi connectivity index (χ2n) is 7.56. The molecule has 0 unspecified atom stereocenters. The fourth-order valence-corrected chi connectivity index (χ4v) is 4.99. The molecule has 0 heterocycles. The number of aryl methyl sites for hydroxylation is 1. The van der Waals surface area contributed by atoms with Crippen molar-refractivity contribution in [3.63, 3.8) is 0 Å². The van der Waals surface area contributed by atoms with Crippen LogP contribution in [0.1, 0.15) is 29.7 Å². The van der Waals surface area contributed by atoms with Crippen molar-refractivity contribution in [2.75, 3.05) is 6.54 Å². The van der Waals surface area contributed by atoms with Crippen LogP contribution in [0.5, 0.6) is 0 Å². The van der Waals surface area contributed by atoms with E-state index >= 15 is 0 Å². The van der Waals surface area contributed by atoms with Gasteiger partial charge in [-0.1, -0.05) is 57.9 Å². The van der Waals surface area contributed by atoms with Crippen molar-refractivity contribution >= 4 is 31.9 Å². The molecule has 5 nitrogen and oxygen atoms in total. The van der Waals surface area contributed by atoms with E-state index in [2.05, 4.69) is 21.2 Å². The lowest BCUT2D eigenvalue weighted by Crippen LogP contribution is -2.41. The maximum atomic E-state index is 13.3. The van der Waals surface area contributed by atoms with E-state index in [1.807, 2.05) is 38.1 Å². The molecule has 0 radical (unpaired) electrons. The third-order valence-electron chi connectivity index (χ3n) is 4.98. The molecule has 0 aliphatic rings. The molecule has 0 fully saturated rings. The SMILES string of the molecule is Cc1ccc(S(=O)(=O)N(CC(=O)N[C@@H](C)c2cccc(Br)c2)Cc2ccc(F)cc2)cc1. The summed E-state index contributed by atoms with van der Waals surface area (Å²) in [6.07, 6.45) is 0. The number of nitrogens with zero attached hydrogens (tertiary/aromatic N) is 1. The summed E-state index contributed by atoms with van der Waals surface area (Å²) < 4.78 is 41.9. The number of carbonyl (C=O) groups is 1. The predicted molar refractivity (Wildman–Crippen MR) is 126 cm³/mol. The number of sulfonamides is 1. The molecule has 0 aliphatic heterocycles. The van der Waals surface area contributed by atoms with Crippen molar-refractivity contribution in [3.8, 4) is 0 Å². The van der Waals surface area contributed by atoms with Crippen molar-refractivity contribution in [3.05, 3.63) is 99.8 Å². The van der Waals surface area contributed by atoms with Gasteiger partial charge in [-0.25, -0.2) is 12.8 Å². The Bertz CT molecular complexity index is 1180. The number of nitrogens with one attached hydrogen (secondary N) is 1. The monoisotopic (exact) mass is 518 g/mol. The molecule has 1 N–H and O–H groups in total. The third kappa shape index (κ3) is 6.25. The van der Waals surface area contributed by atoms with Crippen molar-refractivity contribution in [2.24, 2.45) is 0 Å². The second kappa shape index (κ2) is 10.4. The number of hydrogen-bond acceptors (Lipinski definition) is 3. The number of rotatable bonds is 8. The van der Waals surface area contributed by atoms with Crippen LogP contribution in [0.4, 0.5) is 4.39 Å². The molecule has 168 valence electrons. The van der Waals surface area contributed by atoms with Gasteiger partial charge in [-0.3, -0.25) is 4.79 Å². The van der Waals surface area contributed by atoms with Crippen LogP contribution in [0, 0.1) is 12.7 Å². The summed E-state index contributed by atoms with van der Waals surface area (Å²) in [6, 6.07) is 19.2. The van der Waals surface area contributed by atoms with Gasteiger partial charge in [0.2, 0.25) is 15.9 Å². The minimum atomic E-state index is -3.96. The first-order valence-corrected chi connectivity index (χ1v) is 12.2.